The molecule has 0 radical (unpaired) electrons. The SMILES string of the molecule is CCOP(=O)(CNC(=O)C(c1ccccc1)N(Cc1ccccc1)C(=O)CNC(=O)C(F)(F)F)OCC. The summed E-state index contributed by atoms with van der Waals surface area (Å²) in [6.07, 6.45) is -5.67. The van der Waals surface area contributed by atoms with Gasteiger partial charge in [-0.2, -0.15) is 13.2 Å². The van der Waals surface area contributed by atoms with Crippen molar-refractivity contribution in [2.45, 2.75) is 32.6 Å². The molecule has 2 rings (SSSR count). The van der Waals surface area contributed by atoms with Crippen LogP contribution in [0.1, 0.15) is 31.0 Å². The Bertz CT molecular complexity index is 1080. The van der Waals surface area contributed by atoms with E-state index >= 15 is 0 Å². The maximum Gasteiger partial charge on any atom is 0.471 e. The van der Waals surface area contributed by atoms with Crippen LogP contribution in [0.15, 0.2) is 60.7 Å². The molecule has 37 heavy (non-hydrogen) atoms. The summed E-state index contributed by atoms with van der Waals surface area (Å²) >= 11 is 0. The summed E-state index contributed by atoms with van der Waals surface area (Å²) in [5.41, 5.74) is 0.926. The van der Waals surface area contributed by atoms with Gasteiger partial charge in [-0.05, 0) is 25.0 Å². The molecule has 0 aromatic heterocycles. The fourth-order valence-electron chi connectivity index (χ4n) is 3.36. The zero-order valence-corrected chi connectivity index (χ0v) is 21.3. The Kier molecular flexibility index (Phi) is 11.3. The zero-order chi connectivity index (χ0) is 27.5. The minimum atomic E-state index is -5.18. The lowest BCUT2D eigenvalue weighted by atomic mass is 10.0. The third-order valence-electron chi connectivity index (χ3n) is 4.95. The second-order valence-corrected chi connectivity index (χ2v) is 9.70. The van der Waals surface area contributed by atoms with E-state index in [0.29, 0.717) is 11.1 Å². The van der Waals surface area contributed by atoms with Crippen LogP contribution in [0.4, 0.5) is 13.2 Å². The summed E-state index contributed by atoms with van der Waals surface area (Å²) in [6.45, 7) is 2.17. The van der Waals surface area contributed by atoms with Crippen LogP contribution in [0.25, 0.3) is 0 Å². The second-order valence-electron chi connectivity index (χ2n) is 7.65. The fourth-order valence-corrected chi connectivity index (χ4v) is 4.76. The van der Waals surface area contributed by atoms with Gasteiger partial charge in [-0.1, -0.05) is 60.7 Å². The molecule has 1 atom stereocenters. The maximum absolute atomic E-state index is 13.4. The molecule has 0 aliphatic heterocycles. The summed E-state index contributed by atoms with van der Waals surface area (Å²) in [7, 11) is -3.69. The average Bonchev–Trinajstić information content (AvgIpc) is 2.86. The quantitative estimate of drug-likeness (QED) is 0.372. The normalized spacial score (nSPS) is 12.5. The smallest absolute Gasteiger partial charge is 0.342 e. The Morgan fingerprint density at radius 3 is 1.97 bits per heavy atom. The third-order valence-corrected chi connectivity index (χ3v) is 6.80. The van der Waals surface area contributed by atoms with Crippen LogP contribution in [0.3, 0.4) is 0 Å². The van der Waals surface area contributed by atoms with Crippen molar-refractivity contribution in [1.82, 2.24) is 15.5 Å². The summed E-state index contributed by atoms with van der Waals surface area (Å²) in [6, 6.07) is 15.2. The number of hydrogen-bond donors (Lipinski definition) is 2. The van der Waals surface area contributed by atoms with Crippen molar-refractivity contribution in [3.8, 4) is 0 Å². The Morgan fingerprint density at radius 2 is 1.46 bits per heavy atom. The van der Waals surface area contributed by atoms with Gasteiger partial charge in [-0.3, -0.25) is 18.9 Å². The Labute approximate surface area is 212 Å². The van der Waals surface area contributed by atoms with Crippen molar-refractivity contribution in [3.05, 3.63) is 71.8 Å². The molecule has 0 aliphatic carbocycles. The number of nitrogens with one attached hydrogen (secondary N) is 2. The van der Waals surface area contributed by atoms with E-state index in [1.54, 1.807) is 79.8 Å². The Balaban J connectivity index is 2.41. The fraction of sp³-hybridized carbons (Fsp3) is 0.375. The van der Waals surface area contributed by atoms with E-state index in [2.05, 4.69) is 5.32 Å². The standard InChI is InChI=1S/C24H29F3N3O6P/c1-3-35-37(34,36-4-2)17-29-22(32)21(19-13-9-6-10-14-19)30(16-18-11-7-5-8-12-18)20(31)15-28-23(33)24(25,26)27/h5-14,21H,3-4,15-17H2,1-2H3,(H,28,33)(H,29,32). The molecule has 3 amide bonds. The monoisotopic (exact) mass is 543 g/mol. The zero-order valence-electron chi connectivity index (χ0n) is 20.4. The van der Waals surface area contributed by atoms with Gasteiger partial charge in [-0.15, -0.1) is 0 Å². The first-order valence-corrected chi connectivity index (χ1v) is 13.1. The molecule has 0 heterocycles. The van der Waals surface area contributed by atoms with Crippen LogP contribution in [0, 0.1) is 0 Å². The van der Waals surface area contributed by atoms with Crippen molar-refractivity contribution in [2.24, 2.45) is 0 Å². The minimum absolute atomic E-state index is 0.0623. The number of amides is 3. The topological polar surface area (TPSA) is 114 Å². The first-order chi connectivity index (χ1) is 17.5. The number of carbonyl (C=O) groups is 3. The van der Waals surface area contributed by atoms with Gasteiger partial charge in [0.05, 0.1) is 19.8 Å². The van der Waals surface area contributed by atoms with Crippen LogP contribution in [0.5, 0.6) is 0 Å². The lowest BCUT2D eigenvalue weighted by molar-refractivity contribution is -0.174. The number of rotatable bonds is 13. The van der Waals surface area contributed by atoms with Gasteiger partial charge in [0.1, 0.15) is 12.3 Å². The number of carbonyl (C=O) groups excluding carboxylic acids is 3. The highest BCUT2D eigenvalue weighted by molar-refractivity contribution is 7.53. The number of nitrogens with zero attached hydrogens (tertiary/aromatic N) is 1. The number of benzene rings is 2. The average molecular weight is 543 g/mol. The van der Waals surface area contributed by atoms with Crippen molar-refractivity contribution < 1.29 is 41.2 Å². The lowest BCUT2D eigenvalue weighted by Crippen LogP contribution is -2.48. The van der Waals surface area contributed by atoms with E-state index in [-0.39, 0.29) is 19.8 Å². The first-order valence-electron chi connectivity index (χ1n) is 11.4. The van der Waals surface area contributed by atoms with Gasteiger partial charge >= 0.3 is 19.7 Å². The molecule has 9 nitrogen and oxygen atoms in total. The van der Waals surface area contributed by atoms with Crippen LogP contribution in [-0.4, -0.2) is 54.8 Å². The number of halogens is 3. The largest absolute Gasteiger partial charge is 0.471 e. The lowest BCUT2D eigenvalue weighted by Gasteiger charge is -2.32. The molecule has 0 saturated carbocycles. The third kappa shape index (κ3) is 9.31. The van der Waals surface area contributed by atoms with Crippen LogP contribution in [0.2, 0.25) is 0 Å². The summed E-state index contributed by atoms with van der Waals surface area (Å²) in [4.78, 5) is 39.0. The highest BCUT2D eigenvalue weighted by atomic mass is 31.2. The number of alkyl halides is 3. The Morgan fingerprint density at radius 1 is 0.919 bits per heavy atom. The van der Waals surface area contributed by atoms with Crippen LogP contribution >= 0.6 is 7.60 Å². The molecule has 2 N–H and O–H groups in total. The molecular formula is C24H29F3N3O6P. The van der Waals surface area contributed by atoms with Crippen molar-refractivity contribution >= 4 is 25.3 Å². The molecular weight excluding hydrogens is 514 g/mol. The molecule has 202 valence electrons. The second kappa shape index (κ2) is 13.9. The molecule has 13 heteroatoms. The highest BCUT2D eigenvalue weighted by Gasteiger charge is 2.40. The molecule has 1 unspecified atom stereocenters. The van der Waals surface area contributed by atoms with E-state index in [9.17, 15) is 32.1 Å². The van der Waals surface area contributed by atoms with Gasteiger partial charge < -0.3 is 24.6 Å². The molecule has 2 aromatic rings. The molecule has 0 fully saturated rings. The Hall–Kier alpha value is -3.21. The van der Waals surface area contributed by atoms with E-state index in [1.807, 2.05) is 0 Å². The molecule has 0 bridgehead atoms. The number of hydrogen-bond acceptors (Lipinski definition) is 6. The van der Waals surface area contributed by atoms with E-state index < -0.39 is 50.4 Å². The predicted molar refractivity (Wildman–Crippen MR) is 129 cm³/mol. The van der Waals surface area contributed by atoms with Crippen molar-refractivity contribution in [3.63, 3.8) is 0 Å². The van der Waals surface area contributed by atoms with Crippen molar-refractivity contribution in [1.29, 1.82) is 0 Å². The summed E-state index contributed by atoms with van der Waals surface area (Å²) in [5.74, 6) is -3.99. The molecule has 0 saturated heterocycles. The van der Waals surface area contributed by atoms with Crippen LogP contribution < -0.4 is 10.6 Å². The van der Waals surface area contributed by atoms with Gasteiger partial charge in [0.15, 0.2) is 0 Å². The van der Waals surface area contributed by atoms with Gasteiger partial charge in [0, 0.05) is 6.54 Å². The molecule has 2 aromatic carbocycles. The first kappa shape index (κ1) is 30.0. The van der Waals surface area contributed by atoms with E-state index in [4.69, 9.17) is 9.05 Å². The summed E-state index contributed by atoms with van der Waals surface area (Å²) < 4.78 is 61.3. The van der Waals surface area contributed by atoms with Gasteiger partial charge in [0.2, 0.25) is 11.8 Å². The van der Waals surface area contributed by atoms with E-state index in [1.165, 1.54) is 0 Å². The van der Waals surface area contributed by atoms with E-state index in [0.717, 1.165) is 4.90 Å². The predicted octanol–water partition coefficient (Wildman–Crippen LogP) is 3.77. The van der Waals surface area contributed by atoms with Crippen molar-refractivity contribution in [2.75, 3.05) is 26.0 Å². The molecule has 0 aliphatic rings. The van der Waals surface area contributed by atoms with Gasteiger partial charge in [0.25, 0.3) is 0 Å². The summed E-state index contributed by atoms with van der Waals surface area (Å²) in [5, 5.41) is 4.04. The minimum Gasteiger partial charge on any atom is -0.342 e. The van der Waals surface area contributed by atoms with Gasteiger partial charge in [-0.25, -0.2) is 0 Å². The molecule has 0 spiro atoms. The highest BCUT2D eigenvalue weighted by Crippen LogP contribution is 2.46. The maximum atomic E-state index is 13.4. The van der Waals surface area contributed by atoms with Crippen LogP contribution in [-0.2, 0) is 34.5 Å².